The minimum Gasteiger partial charge on any atom is -0.507 e. The summed E-state index contributed by atoms with van der Waals surface area (Å²) < 4.78 is 13.8. The summed E-state index contributed by atoms with van der Waals surface area (Å²) in [6.07, 6.45) is 1.86. The van der Waals surface area contributed by atoms with Gasteiger partial charge in [-0.1, -0.05) is 42.5 Å². The van der Waals surface area contributed by atoms with Crippen LogP contribution in [-0.4, -0.2) is 19.9 Å². The number of pyridine rings is 1. The van der Waals surface area contributed by atoms with Crippen molar-refractivity contribution in [3.63, 3.8) is 0 Å². The number of aromatic hydroxyl groups is 1. The van der Waals surface area contributed by atoms with E-state index in [4.69, 9.17) is 14.1 Å². The maximum atomic E-state index is 11.9. The molecule has 6 aromatic rings. The van der Waals surface area contributed by atoms with Crippen LogP contribution in [-0.2, 0) is 13.7 Å². The molecule has 0 bridgehead atoms. The number of aromatic nitrogens is 3. The van der Waals surface area contributed by atoms with Crippen molar-refractivity contribution in [1.82, 2.24) is 14.8 Å². The molecule has 0 aliphatic carbocycles. The van der Waals surface area contributed by atoms with Gasteiger partial charge in [-0.2, -0.15) is 0 Å². The molecule has 0 amide bonds. The molecule has 2 N–H and O–H groups in total. The molecule has 7 heteroatoms. The highest BCUT2D eigenvalue weighted by Gasteiger charge is 2.21. The van der Waals surface area contributed by atoms with Gasteiger partial charge in [0.1, 0.15) is 29.2 Å². The lowest BCUT2D eigenvalue weighted by Crippen LogP contribution is -1.95. The molecule has 0 aliphatic heterocycles. The normalized spacial score (nSPS) is 11.5. The van der Waals surface area contributed by atoms with Gasteiger partial charge in [-0.15, -0.1) is 0 Å². The Hall–Kier alpha value is -4.52. The molecule has 162 valence electrons. The largest absolute Gasteiger partial charge is 0.507 e. The number of phenolic OH excluding ortho intramolecular Hbond substituents is 1. The van der Waals surface area contributed by atoms with Gasteiger partial charge in [-0.3, -0.25) is 9.48 Å². The van der Waals surface area contributed by atoms with Crippen LogP contribution in [0.2, 0.25) is 0 Å². The number of nitrogens with one attached hydrogen (secondary N) is 1. The summed E-state index contributed by atoms with van der Waals surface area (Å²) in [5, 5.41) is 14.9. The van der Waals surface area contributed by atoms with Crippen LogP contribution >= 0.6 is 0 Å². The zero-order chi connectivity index (χ0) is 22.5. The lowest BCUT2D eigenvalue weighted by molar-refractivity contribution is 0.306. The fraction of sp³-hybridized carbons (Fsp3) is 0.0769. The first-order valence-corrected chi connectivity index (χ1v) is 10.5. The number of H-pyrrole nitrogens is 1. The Bertz CT molecular complexity index is 1690. The van der Waals surface area contributed by atoms with Crippen molar-refractivity contribution in [3.8, 4) is 22.6 Å². The monoisotopic (exact) mass is 437 g/mol. The molecule has 3 heterocycles. The Balaban J connectivity index is 1.50. The second-order valence-electron chi connectivity index (χ2n) is 7.95. The van der Waals surface area contributed by atoms with Crippen molar-refractivity contribution in [2.45, 2.75) is 6.61 Å². The van der Waals surface area contributed by atoms with Crippen molar-refractivity contribution in [2.24, 2.45) is 7.05 Å². The molecular weight excluding hydrogens is 418 g/mol. The fourth-order valence-corrected chi connectivity index (χ4v) is 4.20. The third-order valence-corrected chi connectivity index (χ3v) is 5.79. The van der Waals surface area contributed by atoms with Gasteiger partial charge in [0.15, 0.2) is 16.7 Å². The van der Waals surface area contributed by atoms with Gasteiger partial charge in [-0.25, -0.2) is 4.98 Å². The molecule has 3 aromatic heterocycles. The zero-order valence-electron chi connectivity index (χ0n) is 17.7. The minimum atomic E-state index is -0.321. The summed E-state index contributed by atoms with van der Waals surface area (Å²) in [6, 6.07) is 20.3. The van der Waals surface area contributed by atoms with Gasteiger partial charge in [0, 0.05) is 36.3 Å². The summed E-state index contributed by atoms with van der Waals surface area (Å²) in [5.74, 6) is 0.610. The number of phenols is 1. The summed E-state index contributed by atoms with van der Waals surface area (Å²) in [6.45, 7) is 0.484. The van der Waals surface area contributed by atoms with Crippen molar-refractivity contribution in [2.75, 3.05) is 0 Å². The molecule has 0 unspecified atom stereocenters. The maximum Gasteiger partial charge on any atom is 0.186 e. The molecule has 0 atom stereocenters. The number of benzene rings is 3. The highest BCUT2D eigenvalue weighted by Crippen LogP contribution is 2.41. The lowest BCUT2D eigenvalue weighted by Gasteiger charge is -2.09. The standard InChI is InChI=1S/C26H19N3O4/c1-29-26-19(13-27-29)22(25-24(28-26)23-20(31)11-17(30)12-21(23)33-25)16-7-9-18(10-8-16)32-14-15-5-3-2-4-6-15/h2-13,27,31H,14H2,1H3. The molecule has 0 radical (unpaired) electrons. The quantitative estimate of drug-likeness (QED) is 0.400. The van der Waals surface area contributed by atoms with Crippen LogP contribution in [0.3, 0.4) is 0 Å². The number of furan rings is 1. The molecule has 33 heavy (non-hydrogen) atoms. The van der Waals surface area contributed by atoms with Crippen molar-refractivity contribution in [3.05, 3.63) is 88.7 Å². The van der Waals surface area contributed by atoms with Gasteiger partial charge >= 0.3 is 0 Å². The van der Waals surface area contributed by atoms with E-state index in [1.807, 2.05) is 67.8 Å². The third kappa shape index (κ3) is 3.13. The summed E-state index contributed by atoms with van der Waals surface area (Å²) >= 11 is 0. The summed E-state index contributed by atoms with van der Waals surface area (Å²) in [5.41, 5.74) is 4.53. The van der Waals surface area contributed by atoms with Crippen molar-refractivity contribution >= 4 is 33.1 Å². The van der Waals surface area contributed by atoms with Gasteiger partial charge in [0.2, 0.25) is 0 Å². The smallest absolute Gasteiger partial charge is 0.186 e. The van der Waals surface area contributed by atoms with Gasteiger partial charge in [0.25, 0.3) is 0 Å². The Morgan fingerprint density at radius 1 is 1.09 bits per heavy atom. The molecule has 3 aromatic carbocycles. The molecule has 0 saturated carbocycles. The fourth-order valence-electron chi connectivity index (χ4n) is 4.20. The first kappa shape index (κ1) is 19.2. The molecular formula is C26H19N3O4. The van der Waals surface area contributed by atoms with Crippen molar-refractivity contribution < 1.29 is 14.3 Å². The van der Waals surface area contributed by atoms with Crippen LogP contribution in [0, 0.1) is 0 Å². The number of aryl methyl sites for hydroxylation is 1. The van der Waals surface area contributed by atoms with Crippen LogP contribution in [0.15, 0.2) is 82.1 Å². The zero-order valence-corrected chi connectivity index (χ0v) is 17.7. The van der Waals surface area contributed by atoms with Crippen LogP contribution < -0.4 is 10.2 Å². The summed E-state index contributed by atoms with van der Waals surface area (Å²) in [7, 11) is 1.86. The molecule has 7 nitrogen and oxygen atoms in total. The van der Waals surface area contributed by atoms with E-state index in [0.29, 0.717) is 34.3 Å². The average molecular weight is 437 g/mol. The number of fused-ring (bicyclic) bond motifs is 4. The highest BCUT2D eigenvalue weighted by molar-refractivity contribution is 6.15. The third-order valence-electron chi connectivity index (χ3n) is 5.79. The first-order valence-electron chi connectivity index (χ1n) is 10.5. The minimum absolute atomic E-state index is 0.142. The van der Waals surface area contributed by atoms with E-state index in [1.165, 1.54) is 12.1 Å². The molecule has 0 fully saturated rings. The maximum absolute atomic E-state index is 11.9. The van der Waals surface area contributed by atoms with Crippen LogP contribution in [0.4, 0.5) is 0 Å². The SMILES string of the molecule is Cn1[nH]cc2c(-c3ccc(OCc4ccccc4)cc3)c3oc4cc(=O)cc(O)c4c3nc21. The Labute approximate surface area is 187 Å². The number of hydrogen-bond acceptors (Lipinski definition) is 5. The number of ether oxygens (including phenoxy) is 1. The van der Waals surface area contributed by atoms with Crippen LogP contribution in [0.1, 0.15) is 5.56 Å². The van der Waals surface area contributed by atoms with Gasteiger partial charge in [-0.05, 0) is 23.3 Å². The van der Waals surface area contributed by atoms with E-state index in [2.05, 4.69) is 5.10 Å². The molecule has 0 aliphatic rings. The molecule has 0 spiro atoms. The summed E-state index contributed by atoms with van der Waals surface area (Å²) in [4.78, 5) is 16.6. The van der Waals surface area contributed by atoms with Gasteiger partial charge < -0.3 is 19.4 Å². The highest BCUT2D eigenvalue weighted by atomic mass is 16.5. The van der Waals surface area contributed by atoms with E-state index < -0.39 is 0 Å². The van der Waals surface area contributed by atoms with E-state index in [0.717, 1.165) is 27.8 Å². The van der Waals surface area contributed by atoms with E-state index in [1.54, 1.807) is 4.68 Å². The second kappa shape index (κ2) is 7.27. The predicted octanol–water partition coefficient (Wildman–Crippen LogP) is 5.11. The molecule has 6 rings (SSSR count). The second-order valence-corrected chi connectivity index (χ2v) is 7.95. The van der Waals surface area contributed by atoms with Crippen LogP contribution in [0.5, 0.6) is 11.5 Å². The number of aromatic amines is 1. The Morgan fingerprint density at radius 2 is 1.88 bits per heavy atom. The number of rotatable bonds is 4. The van der Waals surface area contributed by atoms with E-state index in [-0.39, 0.29) is 11.2 Å². The van der Waals surface area contributed by atoms with Crippen LogP contribution in [0.25, 0.3) is 44.2 Å². The lowest BCUT2D eigenvalue weighted by atomic mass is 10.0. The van der Waals surface area contributed by atoms with E-state index in [9.17, 15) is 9.90 Å². The van der Waals surface area contributed by atoms with Crippen molar-refractivity contribution in [1.29, 1.82) is 0 Å². The van der Waals surface area contributed by atoms with E-state index >= 15 is 0 Å². The predicted molar refractivity (Wildman–Crippen MR) is 126 cm³/mol. The topological polar surface area (TPSA) is 93.3 Å². The molecule has 0 saturated heterocycles. The Morgan fingerprint density at radius 3 is 2.67 bits per heavy atom. The average Bonchev–Trinajstić information content (AvgIpc) is 3.37. The van der Waals surface area contributed by atoms with Gasteiger partial charge in [0.05, 0.1) is 5.39 Å². The Kier molecular flexibility index (Phi) is 4.23. The number of hydrogen-bond donors (Lipinski definition) is 2. The first-order chi connectivity index (χ1) is 16.1. The number of nitrogens with zero attached hydrogens (tertiary/aromatic N) is 2.